The van der Waals surface area contributed by atoms with E-state index in [-0.39, 0.29) is 0 Å². The van der Waals surface area contributed by atoms with Gasteiger partial charge in [0.1, 0.15) is 52.7 Å². The van der Waals surface area contributed by atoms with Gasteiger partial charge in [-0.25, -0.2) is 87.8 Å². The average molecular weight is 946 g/mol. The van der Waals surface area contributed by atoms with Crippen LogP contribution in [0.5, 0.6) is 0 Å². The summed E-state index contributed by atoms with van der Waals surface area (Å²) in [5.41, 5.74) is -13.2. The van der Waals surface area contributed by atoms with Crippen LogP contribution in [-0.2, 0) is 0 Å². The molecule has 0 unspecified atom stereocenters. The average Bonchev–Trinajstić information content (AvgIpc) is 3.24. The van der Waals surface area contributed by atoms with Crippen molar-refractivity contribution in [1.29, 1.82) is 0 Å². The fraction of sp³-hybridized carbons (Fsp3) is 0.0833. The highest BCUT2D eigenvalue weighted by Crippen LogP contribution is 2.30. The van der Waals surface area contributed by atoms with Gasteiger partial charge in [0.2, 0.25) is 6.20 Å². The molecule has 24 heteroatoms. The minimum absolute atomic E-state index is 0.726. The van der Waals surface area contributed by atoms with Crippen LogP contribution in [0, 0.1) is 116 Å². The Balaban J connectivity index is 0.000000379. The molecule has 0 spiro atoms. The van der Waals surface area contributed by atoms with Gasteiger partial charge in [0.15, 0.2) is 76.4 Å². The van der Waals surface area contributed by atoms with E-state index in [9.17, 15) is 52.7 Å². The van der Waals surface area contributed by atoms with E-state index < -0.39 is 144 Å². The number of nitrogens with zero attached hydrogens (tertiary/aromatic N) is 1. The molecule has 6 rings (SSSR count). The van der Waals surface area contributed by atoms with Gasteiger partial charge in [0.25, 0.3) is 5.52 Å². The summed E-state index contributed by atoms with van der Waals surface area (Å²) in [4.78, 5) is 5.65. The third-order valence-electron chi connectivity index (χ3n) is 8.89. The zero-order chi connectivity index (χ0) is 44.9. The Morgan fingerprint density at radius 1 is 0.383 bits per heavy atom. The Morgan fingerprint density at radius 3 is 0.950 bits per heavy atom. The Labute approximate surface area is 329 Å². The van der Waals surface area contributed by atoms with Crippen molar-refractivity contribution in [2.45, 2.75) is 6.42 Å². The summed E-state index contributed by atoms with van der Waals surface area (Å²) in [5, 5.41) is 2.16. The lowest BCUT2D eigenvalue weighted by atomic mass is 9.12. The summed E-state index contributed by atoms with van der Waals surface area (Å²) in [6, 6.07) is 12.3. The molecule has 0 atom stereocenters. The molecule has 0 aliphatic rings. The number of hydrogen-bond donors (Lipinski definition) is 0. The van der Waals surface area contributed by atoms with Crippen LogP contribution in [0.1, 0.15) is 6.42 Å². The molecule has 0 saturated carbocycles. The van der Waals surface area contributed by atoms with Gasteiger partial charge in [-0.1, -0.05) is 28.1 Å². The molecule has 318 valence electrons. The summed E-state index contributed by atoms with van der Waals surface area (Å²) in [6.07, 6.45) is -4.27. The van der Waals surface area contributed by atoms with Crippen LogP contribution in [0.15, 0.2) is 42.6 Å². The minimum Gasteiger partial charge on any atom is -0.271 e. The van der Waals surface area contributed by atoms with E-state index in [1.165, 1.54) is 5.39 Å². The van der Waals surface area contributed by atoms with Crippen LogP contribution in [0.4, 0.5) is 87.8 Å². The molecule has 60 heavy (non-hydrogen) atoms. The number of aromatic nitrogens is 1. The molecule has 0 aliphatic heterocycles. The van der Waals surface area contributed by atoms with Crippen LogP contribution < -0.4 is 31.4 Å². The van der Waals surface area contributed by atoms with Gasteiger partial charge < -0.3 is 0 Å². The molecular weight excluding hydrogens is 933 g/mol. The Kier molecular flexibility index (Phi) is 13.1. The summed E-state index contributed by atoms with van der Waals surface area (Å²) < 4.78 is 296. The molecule has 0 saturated heterocycles. The zero-order valence-electron chi connectivity index (χ0n) is 28.5. The Morgan fingerprint density at radius 2 is 0.650 bits per heavy atom. The second-order valence-electron chi connectivity index (χ2n) is 12.1. The minimum atomic E-state index is -7.22. The summed E-state index contributed by atoms with van der Waals surface area (Å²) in [5.74, 6) is -71.4. The van der Waals surface area contributed by atoms with Gasteiger partial charge in [-0.3, -0.25) is 4.84 Å². The zero-order valence-corrected chi connectivity index (χ0v) is 30.1. The number of alkyl halides is 1. The standard InChI is InChI=1S/C24BF20.C12H13BrNO/c26-5-1(6(27)14(35)21(42)13(5)34)25(2-7(28)15(36)22(43)16(37)8(2)29,3-9(30)17(38)23(44)18(39)10(3)31)4-11(32)19(40)24(45)20(41)12(4)33;13-8-4-10-15-14-9-3-6-11-5-1-2-7-12(11)14/h;1-3,5-7,9H,4,8,10H2/q-1;+1. The first-order valence-corrected chi connectivity index (χ1v) is 17.1. The van der Waals surface area contributed by atoms with Gasteiger partial charge in [-0.05, 0) is 18.6 Å². The number of hydrogen-bond acceptors (Lipinski definition) is 1. The van der Waals surface area contributed by atoms with Gasteiger partial charge in [-0.2, -0.15) is 0 Å². The third-order valence-corrected chi connectivity index (χ3v) is 9.45. The quantitative estimate of drug-likeness (QED) is 0.0286. The van der Waals surface area contributed by atoms with Crippen LogP contribution in [0.25, 0.3) is 10.9 Å². The summed E-state index contributed by atoms with van der Waals surface area (Å²) >= 11 is 3.38. The maximum Gasteiger partial charge on any atom is 0.264 e. The normalized spacial score (nSPS) is 11.6. The van der Waals surface area contributed by atoms with Crippen LogP contribution >= 0.6 is 15.9 Å². The maximum absolute atomic E-state index is 15.4. The lowest BCUT2D eigenvalue weighted by molar-refractivity contribution is -0.871. The largest absolute Gasteiger partial charge is 0.271 e. The molecule has 5 aromatic carbocycles. The van der Waals surface area contributed by atoms with E-state index in [1.54, 1.807) is 0 Å². The molecule has 2 nitrogen and oxygen atoms in total. The molecule has 1 aromatic heterocycles. The molecule has 0 amide bonds. The lowest BCUT2D eigenvalue weighted by Crippen LogP contribution is -2.81. The second kappa shape index (κ2) is 17.2. The molecule has 0 N–H and O–H groups in total. The topological polar surface area (TPSA) is 13.1 Å². The number of halogens is 21. The van der Waals surface area contributed by atoms with Crippen molar-refractivity contribution >= 4 is 54.8 Å². The number of fused-ring (bicyclic) bond motifs is 1. The fourth-order valence-corrected chi connectivity index (χ4v) is 6.57. The SMILES string of the molecule is BrCCCO[n+]1cccc2ccccc21.Fc1c(F)c(F)c([B-](c2c(F)c(F)c(F)c(F)c2F)(c2c(F)c(F)c(F)c(F)c2F)c2c(F)c(F)c(F)c(F)c2F)c(F)c1F. The fourth-order valence-electron chi connectivity index (χ4n) is 6.34. The van der Waals surface area contributed by atoms with Gasteiger partial charge in [-0.15, -0.1) is 21.9 Å². The predicted molar refractivity (Wildman–Crippen MR) is 173 cm³/mol. The molecule has 0 aliphatic carbocycles. The number of benzene rings is 5. The smallest absolute Gasteiger partial charge is 0.264 e. The molecule has 1 heterocycles. The Hall–Kier alpha value is -5.55. The van der Waals surface area contributed by atoms with E-state index in [2.05, 4.69) is 34.1 Å². The van der Waals surface area contributed by atoms with Crippen LogP contribution in [0.3, 0.4) is 0 Å². The van der Waals surface area contributed by atoms with Crippen LogP contribution in [0.2, 0.25) is 0 Å². The Bertz CT molecular complexity index is 2310. The summed E-state index contributed by atoms with van der Waals surface area (Å²) in [6.45, 7) is 0.726. The highest BCUT2D eigenvalue weighted by Gasteiger charge is 2.52. The first-order valence-electron chi connectivity index (χ1n) is 15.9. The lowest BCUT2D eigenvalue weighted by Gasteiger charge is -2.44. The van der Waals surface area contributed by atoms with E-state index in [1.807, 2.05) is 29.1 Å². The van der Waals surface area contributed by atoms with Crippen molar-refractivity contribution < 1.29 is 97.4 Å². The van der Waals surface area contributed by atoms with Gasteiger partial charge in [0, 0.05) is 22.2 Å². The van der Waals surface area contributed by atoms with Crippen molar-refractivity contribution in [2.24, 2.45) is 0 Å². The summed E-state index contributed by atoms with van der Waals surface area (Å²) in [7, 11) is 0. The molecule has 0 radical (unpaired) electrons. The van der Waals surface area contributed by atoms with Crippen LogP contribution in [-0.4, -0.2) is 18.1 Å². The van der Waals surface area contributed by atoms with E-state index in [4.69, 9.17) is 4.84 Å². The molecule has 0 fully saturated rings. The van der Waals surface area contributed by atoms with Gasteiger partial charge >= 0.3 is 0 Å². The first-order chi connectivity index (χ1) is 28.1. The number of para-hydroxylation sites is 1. The van der Waals surface area contributed by atoms with Crippen molar-refractivity contribution in [3.05, 3.63) is 159 Å². The predicted octanol–water partition coefficient (Wildman–Crippen LogP) is 8.19. The maximum atomic E-state index is 15.4. The van der Waals surface area contributed by atoms with Gasteiger partial charge in [0.05, 0.1) is 5.39 Å². The van der Waals surface area contributed by atoms with Crippen molar-refractivity contribution in [1.82, 2.24) is 0 Å². The monoisotopic (exact) mass is 945 g/mol. The highest BCUT2D eigenvalue weighted by molar-refractivity contribution is 9.09. The number of pyridine rings is 1. The van der Waals surface area contributed by atoms with E-state index >= 15 is 35.1 Å². The molecular formula is C36H13BBrF20NO. The number of rotatable bonds is 8. The van der Waals surface area contributed by atoms with Crippen molar-refractivity contribution in [3.63, 3.8) is 0 Å². The third kappa shape index (κ3) is 7.04. The van der Waals surface area contributed by atoms with Crippen molar-refractivity contribution in [3.8, 4) is 0 Å². The molecule has 6 aromatic rings. The second-order valence-corrected chi connectivity index (χ2v) is 12.9. The van der Waals surface area contributed by atoms with Crippen molar-refractivity contribution in [2.75, 3.05) is 11.9 Å². The van der Waals surface area contributed by atoms with E-state index in [0.29, 0.717) is 0 Å². The highest BCUT2D eigenvalue weighted by atomic mass is 79.9. The first kappa shape index (κ1) is 45.5. The van der Waals surface area contributed by atoms with E-state index in [0.717, 1.165) is 23.9 Å². The molecule has 0 bridgehead atoms.